The van der Waals surface area contributed by atoms with E-state index in [1.807, 2.05) is 37.3 Å². The minimum atomic E-state index is 0.0998. The molecule has 1 N–H and O–H groups in total. The van der Waals surface area contributed by atoms with Gasteiger partial charge in [-0.2, -0.15) is 5.10 Å². The lowest BCUT2D eigenvalue weighted by Crippen LogP contribution is -2.20. The van der Waals surface area contributed by atoms with Gasteiger partial charge in [0.2, 0.25) is 0 Å². The maximum absolute atomic E-state index is 10.9. The van der Waals surface area contributed by atoms with E-state index in [4.69, 9.17) is 0 Å². The number of ketones is 1. The van der Waals surface area contributed by atoms with Gasteiger partial charge in [0.25, 0.3) is 0 Å². The largest absolute Gasteiger partial charge is 0.300 e. The van der Waals surface area contributed by atoms with Gasteiger partial charge in [-0.3, -0.25) is 15.2 Å². The Kier molecular flexibility index (Phi) is 5.07. The van der Waals surface area contributed by atoms with Crippen LogP contribution in [0.1, 0.15) is 25.8 Å². The molecule has 4 nitrogen and oxygen atoms in total. The molecule has 0 radical (unpaired) electrons. The molecule has 1 rings (SSSR count). The second kappa shape index (κ2) is 6.58. The lowest BCUT2D eigenvalue weighted by Gasteiger charge is -2.05. The number of carbonyl (C=O) groups excluding carboxylic acids is 1. The summed E-state index contributed by atoms with van der Waals surface area (Å²) in [6.45, 7) is 3.36. The first-order chi connectivity index (χ1) is 8.13. The summed E-state index contributed by atoms with van der Waals surface area (Å²) in [6.07, 6.45) is 0.360. The van der Waals surface area contributed by atoms with E-state index in [9.17, 15) is 4.79 Å². The van der Waals surface area contributed by atoms with Gasteiger partial charge in [-0.25, -0.2) is 0 Å². The van der Waals surface area contributed by atoms with E-state index in [1.54, 1.807) is 14.0 Å². The highest BCUT2D eigenvalue weighted by molar-refractivity contribution is 6.02. The molecule has 0 aliphatic rings. The summed E-state index contributed by atoms with van der Waals surface area (Å²) in [6, 6.07) is 9.72. The SMILES string of the molecule is CN=C(N/N=C(\C)CC(C)=O)c1ccccc1. The number of aliphatic imine (C=N–C) groups is 1. The van der Waals surface area contributed by atoms with Crippen molar-refractivity contribution in [1.82, 2.24) is 5.43 Å². The summed E-state index contributed by atoms with van der Waals surface area (Å²) < 4.78 is 0. The number of Topliss-reactive ketones (excluding diaryl/α,β-unsaturated/α-hetero) is 1. The molecule has 0 unspecified atom stereocenters. The van der Waals surface area contributed by atoms with Crippen LogP contribution in [0.4, 0.5) is 0 Å². The summed E-state index contributed by atoms with van der Waals surface area (Å²) in [5.41, 5.74) is 4.59. The van der Waals surface area contributed by atoms with E-state index in [2.05, 4.69) is 15.5 Å². The van der Waals surface area contributed by atoms with Gasteiger partial charge < -0.3 is 0 Å². The lowest BCUT2D eigenvalue weighted by molar-refractivity contribution is -0.115. The molecule has 0 spiro atoms. The Morgan fingerprint density at radius 2 is 1.88 bits per heavy atom. The molecule has 0 bridgehead atoms. The van der Waals surface area contributed by atoms with E-state index in [0.717, 1.165) is 11.3 Å². The van der Waals surface area contributed by atoms with Crippen molar-refractivity contribution in [1.29, 1.82) is 0 Å². The predicted molar refractivity (Wildman–Crippen MR) is 70.4 cm³/mol. The van der Waals surface area contributed by atoms with E-state index in [1.165, 1.54) is 0 Å². The zero-order chi connectivity index (χ0) is 12.7. The van der Waals surface area contributed by atoms with Gasteiger partial charge in [0.05, 0.1) is 0 Å². The van der Waals surface area contributed by atoms with Crippen LogP contribution in [0.25, 0.3) is 0 Å². The number of hydrogen-bond donors (Lipinski definition) is 1. The first kappa shape index (κ1) is 13.1. The second-order valence-electron chi connectivity index (χ2n) is 3.78. The minimum Gasteiger partial charge on any atom is -0.300 e. The molecule has 4 heteroatoms. The van der Waals surface area contributed by atoms with Gasteiger partial charge in [0.15, 0.2) is 0 Å². The molecular weight excluding hydrogens is 214 g/mol. The zero-order valence-corrected chi connectivity index (χ0v) is 10.4. The smallest absolute Gasteiger partial charge is 0.148 e. The fourth-order valence-corrected chi connectivity index (χ4v) is 1.39. The fraction of sp³-hybridized carbons (Fsp3) is 0.308. The first-order valence-electron chi connectivity index (χ1n) is 5.44. The van der Waals surface area contributed by atoms with Crippen molar-refractivity contribution in [2.24, 2.45) is 10.1 Å². The van der Waals surface area contributed by atoms with Crippen LogP contribution in [0, 0.1) is 0 Å². The molecule has 0 amide bonds. The third kappa shape index (κ3) is 4.59. The summed E-state index contributed by atoms with van der Waals surface area (Å²) in [5.74, 6) is 0.788. The zero-order valence-electron chi connectivity index (χ0n) is 10.4. The maximum atomic E-state index is 10.9. The highest BCUT2D eigenvalue weighted by atomic mass is 16.1. The number of nitrogens with zero attached hydrogens (tertiary/aromatic N) is 2. The van der Waals surface area contributed by atoms with Crippen molar-refractivity contribution in [2.45, 2.75) is 20.3 Å². The monoisotopic (exact) mass is 231 g/mol. The van der Waals surface area contributed by atoms with Gasteiger partial charge in [-0.1, -0.05) is 30.3 Å². The third-order valence-electron chi connectivity index (χ3n) is 2.13. The Hall–Kier alpha value is -1.97. The van der Waals surface area contributed by atoms with E-state index < -0.39 is 0 Å². The molecule has 90 valence electrons. The van der Waals surface area contributed by atoms with Gasteiger partial charge in [0.1, 0.15) is 11.6 Å². The number of amidine groups is 1. The Morgan fingerprint density at radius 1 is 1.24 bits per heavy atom. The molecule has 0 aliphatic carbocycles. The quantitative estimate of drug-likeness (QED) is 0.489. The van der Waals surface area contributed by atoms with Crippen molar-refractivity contribution in [3.63, 3.8) is 0 Å². The number of hydrogen-bond acceptors (Lipinski definition) is 3. The molecule has 0 saturated heterocycles. The van der Waals surface area contributed by atoms with Crippen LogP contribution in [0.5, 0.6) is 0 Å². The van der Waals surface area contributed by atoms with Gasteiger partial charge >= 0.3 is 0 Å². The van der Waals surface area contributed by atoms with Crippen LogP contribution in [0.2, 0.25) is 0 Å². The molecule has 0 saturated carbocycles. The number of nitrogens with one attached hydrogen (secondary N) is 1. The van der Waals surface area contributed by atoms with Crippen LogP contribution >= 0.6 is 0 Å². The van der Waals surface area contributed by atoms with Crippen molar-refractivity contribution >= 4 is 17.3 Å². The van der Waals surface area contributed by atoms with Crippen molar-refractivity contribution in [3.8, 4) is 0 Å². The highest BCUT2D eigenvalue weighted by Crippen LogP contribution is 1.99. The predicted octanol–water partition coefficient (Wildman–Crippen LogP) is 2.01. The molecule has 0 aromatic heterocycles. The van der Waals surface area contributed by atoms with Gasteiger partial charge in [0, 0.05) is 24.7 Å². The summed E-state index contributed by atoms with van der Waals surface area (Å²) >= 11 is 0. The Bertz CT molecular complexity index is 435. The van der Waals surface area contributed by atoms with Gasteiger partial charge in [-0.15, -0.1) is 0 Å². The summed E-state index contributed by atoms with van der Waals surface area (Å²) in [5, 5.41) is 4.13. The minimum absolute atomic E-state index is 0.0998. The number of benzene rings is 1. The topological polar surface area (TPSA) is 53.8 Å². The molecular formula is C13H17N3O. The normalized spacial score (nSPS) is 12.4. The molecule has 1 aromatic rings. The molecule has 0 atom stereocenters. The summed E-state index contributed by atoms with van der Waals surface area (Å²) in [4.78, 5) is 15.0. The van der Waals surface area contributed by atoms with Crippen LogP contribution < -0.4 is 5.43 Å². The third-order valence-corrected chi connectivity index (χ3v) is 2.13. The Labute approximate surface area is 101 Å². The van der Waals surface area contributed by atoms with Gasteiger partial charge in [-0.05, 0) is 13.8 Å². The van der Waals surface area contributed by atoms with Crippen molar-refractivity contribution in [3.05, 3.63) is 35.9 Å². The fourth-order valence-electron chi connectivity index (χ4n) is 1.39. The van der Waals surface area contributed by atoms with E-state index >= 15 is 0 Å². The maximum Gasteiger partial charge on any atom is 0.148 e. The average Bonchev–Trinajstić information content (AvgIpc) is 2.30. The number of carbonyl (C=O) groups is 1. The van der Waals surface area contributed by atoms with E-state index in [0.29, 0.717) is 12.3 Å². The van der Waals surface area contributed by atoms with Crippen LogP contribution in [0.15, 0.2) is 40.4 Å². The number of hydrazone groups is 1. The first-order valence-corrected chi connectivity index (χ1v) is 5.44. The molecule has 0 heterocycles. The van der Waals surface area contributed by atoms with Crippen LogP contribution in [0.3, 0.4) is 0 Å². The van der Waals surface area contributed by atoms with E-state index in [-0.39, 0.29) is 5.78 Å². The molecule has 0 fully saturated rings. The summed E-state index contributed by atoms with van der Waals surface area (Å²) in [7, 11) is 1.70. The standard InChI is InChI=1S/C13H17N3O/c1-10(9-11(2)17)15-16-13(14-3)12-7-5-4-6-8-12/h4-8H,9H2,1-3H3,(H,14,16)/b15-10+. The highest BCUT2D eigenvalue weighted by Gasteiger charge is 2.01. The molecule has 1 aromatic carbocycles. The van der Waals surface area contributed by atoms with Crippen molar-refractivity contribution < 1.29 is 4.79 Å². The molecule has 0 aliphatic heterocycles. The lowest BCUT2D eigenvalue weighted by atomic mass is 10.2. The molecule has 17 heavy (non-hydrogen) atoms. The Morgan fingerprint density at radius 3 is 2.41 bits per heavy atom. The Balaban J connectivity index is 2.70. The van der Waals surface area contributed by atoms with Crippen LogP contribution in [-0.4, -0.2) is 24.4 Å². The van der Waals surface area contributed by atoms with Crippen molar-refractivity contribution in [2.75, 3.05) is 7.05 Å². The average molecular weight is 231 g/mol. The number of rotatable bonds is 4. The van der Waals surface area contributed by atoms with Crippen LogP contribution in [-0.2, 0) is 4.79 Å². The second-order valence-corrected chi connectivity index (χ2v) is 3.78.